The van der Waals surface area contributed by atoms with Crippen LogP contribution in [0.4, 0.5) is 0 Å². The number of hydrogen-bond acceptors (Lipinski definition) is 4. The Bertz CT molecular complexity index is 921. The van der Waals surface area contributed by atoms with Gasteiger partial charge in [0.2, 0.25) is 0 Å². The van der Waals surface area contributed by atoms with E-state index in [4.69, 9.17) is 13.9 Å². The molecule has 0 saturated heterocycles. The van der Waals surface area contributed by atoms with Gasteiger partial charge in [-0.1, -0.05) is 24.8 Å². The van der Waals surface area contributed by atoms with E-state index < -0.39 is 0 Å². The van der Waals surface area contributed by atoms with Crippen LogP contribution < -0.4 is 10.4 Å². The molecular formula is C18H16O4. The second kappa shape index (κ2) is 5.56. The predicted octanol–water partition coefficient (Wildman–Crippen LogP) is 3.79. The molecule has 1 heterocycles. The summed E-state index contributed by atoms with van der Waals surface area (Å²) >= 11 is 0. The Labute approximate surface area is 127 Å². The van der Waals surface area contributed by atoms with Gasteiger partial charge in [0, 0.05) is 10.9 Å². The molecule has 4 nitrogen and oxygen atoms in total. The highest BCUT2D eigenvalue weighted by Gasteiger charge is 2.12. The van der Waals surface area contributed by atoms with Crippen molar-refractivity contribution < 1.29 is 13.9 Å². The van der Waals surface area contributed by atoms with E-state index in [1.165, 1.54) is 0 Å². The van der Waals surface area contributed by atoms with Gasteiger partial charge in [-0.15, -0.1) is 0 Å². The zero-order valence-electron chi connectivity index (χ0n) is 12.5. The van der Waals surface area contributed by atoms with Crippen LogP contribution in [0.1, 0.15) is 5.56 Å². The van der Waals surface area contributed by atoms with Crippen LogP contribution in [0.3, 0.4) is 0 Å². The maximum absolute atomic E-state index is 12.1. The van der Waals surface area contributed by atoms with Gasteiger partial charge in [0.1, 0.15) is 23.7 Å². The van der Waals surface area contributed by atoms with Gasteiger partial charge in [0.25, 0.3) is 0 Å². The molecule has 0 aliphatic heterocycles. The van der Waals surface area contributed by atoms with Crippen LogP contribution in [-0.2, 0) is 4.74 Å². The summed E-state index contributed by atoms with van der Waals surface area (Å²) in [5, 5.41) is 2.35. The third-order valence-corrected chi connectivity index (χ3v) is 3.67. The van der Waals surface area contributed by atoms with Gasteiger partial charge in [0.05, 0.1) is 12.5 Å². The van der Waals surface area contributed by atoms with Crippen molar-refractivity contribution in [1.29, 1.82) is 0 Å². The van der Waals surface area contributed by atoms with Crippen molar-refractivity contribution in [3.05, 3.63) is 64.7 Å². The molecule has 4 heteroatoms. The molecule has 0 saturated carbocycles. The Morgan fingerprint density at radius 3 is 2.59 bits per heavy atom. The molecule has 22 heavy (non-hydrogen) atoms. The topological polar surface area (TPSA) is 48.7 Å². The highest BCUT2D eigenvalue weighted by molar-refractivity contribution is 6.05. The van der Waals surface area contributed by atoms with E-state index in [0.29, 0.717) is 22.5 Å². The third kappa shape index (κ3) is 2.33. The Morgan fingerprint density at radius 1 is 1.14 bits per heavy atom. The smallest absolute Gasteiger partial charge is 0.344 e. The van der Waals surface area contributed by atoms with Crippen molar-refractivity contribution >= 4 is 21.7 Å². The summed E-state index contributed by atoms with van der Waals surface area (Å²) in [5.74, 6) is 1.17. The fourth-order valence-corrected chi connectivity index (χ4v) is 2.43. The first-order chi connectivity index (χ1) is 10.6. The molecule has 112 valence electrons. The van der Waals surface area contributed by atoms with Crippen LogP contribution in [0.15, 0.2) is 57.9 Å². The van der Waals surface area contributed by atoms with Crippen molar-refractivity contribution in [2.24, 2.45) is 0 Å². The highest BCUT2D eigenvalue weighted by atomic mass is 16.5. The Balaban J connectivity index is 2.17. The van der Waals surface area contributed by atoms with E-state index in [-0.39, 0.29) is 12.2 Å². The Morgan fingerprint density at radius 2 is 1.86 bits per heavy atom. The zero-order chi connectivity index (χ0) is 15.7. The standard InChI is InChI=1S/C18H16O4/c1-11(20-3)10-21-16-9-8-14-13-6-4-5-7-15(13)18(19)22-17(14)12(16)2/h4-9H,1,10H2,2-3H3. The van der Waals surface area contributed by atoms with Gasteiger partial charge in [-0.2, -0.15) is 0 Å². The Hall–Kier alpha value is -2.75. The second-order valence-corrected chi connectivity index (χ2v) is 5.03. The van der Waals surface area contributed by atoms with E-state index in [9.17, 15) is 4.79 Å². The van der Waals surface area contributed by atoms with Crippen molar-refractivity contribution in [3.63, 3.8) is 0 Å². The van der Waals surface area contributed by atoms with Gasteiger partial charge in [-0.3, -0.25) is 0 Å². The third-order valence-electron chi connectivity index (χ3n) is 3.67. The lowest BCUT2D eigenvalue weighted by Crippen LogP contribution is -2.04. The first-order valence-electron chi connectivity index (χ1n) is 6.91. The summed E-state index contributed by atoms with van der Waals surface area (Å²) in [6, 6.07) is 11.2. The molecule has 3 rings (SSSR count). The van der Waals surface area contributed by atoms with Gasteiger partial charge in [0.15, 0.2) is 0 Å². The van der Waals surface area contributed by atoms with E-state index in [2.05, 4.69) is 6.58 Å². The molecule has 0 aliphatic rings. The lowest BCUT2D eigenvalue weighted by molar-refractivity contribution is 0.220. The molecule has 3 aromatic rings. The number of benzene rings is 2. The lowest BCUT2D eigenvalue weighted by Gasteiger charge is -2.12. The first kappa shape index (κ1) is 14.2. The molecule has 0 aliphatic carbocycles. The van der Waals surface area contributed by atoms with Crippen LogP contribution in [0.5, 0.6) is 5.75 Å². The number of fused-ring (bicyclic) bond motifs is 3. The molecule has 0 bridgehead atoms. The summed E-state index contributed by atoms with van der Waals surface area (Å²) in [6.45, 7) is 5.83. The second-order valence-electron chi connectivity index (χ2n) is 5.03. The molecule has 0 fully saturated rings. The maximum Gasteiger partial charge on any atom is 0.344 e. The van der Waals surface area contributed by atoms with Crippen LogP contribution in [0.25, 0.3) is 21.7 Å². The minimum atomic E-state index is -0.343. The molecule has 0 unspecified atom stereocenters. The van der Waals surface area contributed by atoms with Crippen LogP contribution >= 0.6 is 0 Å². The van der Waals surface area contributed by atoms with E-state index >= 15 is 0 Å². The SMILES string of the molecule is C=C(COc1ccc2c(oc(=O)c3ccccc32)c1C)OC. The number of methoxy groups -OCH3 is 1. The summed E-state index contributed by atoms with van der Waals surface area (Å²) in [7, 11) is 1.55. The van der Waals surface area contributed by atoms with E-state index in [1.54, 1.807) is 13.2 Å². The van der Waals surface area contributed by atoms with E-state index in [1.807, 2.05) is 37.3 Å². The van der Waals surface area contributed by atoms with Crippen LogP contribution in [-0.4, -0.2) is 13.7 Å². The molecule has 2 aromatic carbocycles. The normalized spacial score (nSPS) is 10.8. The average molecular weight is 296 g/mol. The quantitative estimate of drug-likeness (QED) is 0.417. The van der Waals surface area contributed by atoms with Gasteiger partial charge in [-0.05, 0) is 30.5 Å². The number of ether oxygens (including phenoxy) is 2. The first-order valence-corrected chi connectivity index (χ1v) is 6.91. The highest BCUT2D eigenvalue weighted by Crippen LogP contribution is 2.30. The fourth-order valence-electron chi connectivity index (χ4n) is 2.43. The summed E-state index contributed by atoms with van der Waals surface area (Å²) in [4.78, 5) is 12.1. The molecule has 0 atom stereocenters. The summed E-state index contributed by atoms with van der Waals surface area (Å²) < 4.78 is 16.1. The fraction of sp³-hybridized carbons (Fsp3) is 0.167. The average Bonchev–Trinajstić information content (AvgIpc) is 2.55. The van der Waals surface area contributed by atoms with Crippen molar-refractivity contribution in [2.45, 2.75) is 6.92 Å². The number of aryl methyl sites for hydroxylation is 1. The molecule has 1 aromatic heterocycles. The summed E-state index contributed by atoms with van der Waals surface area (Å²) in [6.07, 6.45) is 0. The van der Waals surface area contributed by atoms with Gasteiger partial charge in [-0.25, -0.2) is 4.79 Å². The van der Waals surface area contributed by atoms with Gasteiger partial charge >= 0.3 is 5.63 Å². The Kier molecular flexibility index (Phi) is 3.59. The molecule has 0 N–H and O–H groups in total. The van der Waals surface area contributed by atoms with Crippen LogP contribution in [0, 0.1) is 6.92 Å². The van der Waals surface area contributed by atoms with E-state index in [0.717, 1.165) is 16.3 Å². The zero-order valence-corrected chi connectivity index (χ0v) is 12.5. The van der Waals surface area contributed by atoms with Crippen LogP contribution in [0.2, 0.25) is 0 Å². The molecular weight excluding hydrogens is 280 g/mol. The van der Waals surface area contributed by atoms with Crippen molar-refractivity contribution in [1.82, 2.24) is 0 Å². The van der Waals surface area contributed by atoms with Crippen molar-refractivity contribution in [2.75, 3.05) is 13.7 Å². The lowest BCUT2D eigenvalue weighted by atomic mass is 10.0. The molecule has 0 amide bonds. The van der Waals surface area contributed by atoms with Crippen molar-refractivity contribution in [3.8, 4) is 5.75 Å². The monoisotopic (exact) mass is 296 g/mol. The molecule has 0 spiro atoms. The summed E-state index contributed by atoms with van der Waals surface area (Å²) in [5.41, 5.74) is 0.984. The molecule has 0 radical (unpaired) electrons. The maximum atomic E-state index is 12.1. The minimum Gasteiger partial charge on any atom is -0.498 e. The predicted molar refractivity (Wildman–Crippen MR) is 86.4 cm³/mol. The number of rotatable bonds is 4. The number of hydrogen-bond donors (Lipinski definition) is 0. The van der Waals surface area contributed by atoms with Gasteiger partial charge < -0.3 is 13.9 Å². The minimum absolute atomic E-state index is 0.251. The largest absolute Gasteiger partial charge is 0.498 e.